The van der Waals surface area contributed by atoms with Gasteiger partial charge in [0, 0.05) is 15.5 Å². The summed E-state index contributed by atoms with van der Waals surface area (Å²) in [6.07, 6.45) is 3.55. The van der Waals surface area contributed by atoms with Gasteiger partial charge in [0.05, 0.1) is 34.2 Å². The van der Waals surface area contributed by atoms with E-state index in [9.17, 15) is 5.26 Å². The van der Waals surface area contributed by atoms with E-state index in [0.29, 0.717) is 0 Å². The summed E-state index contributed by atoms with van der Waals surface area (Å²) in [6, 6.07) is 16.4. The van der Waals surface area contributed by atoms with Crippen LogP contribution in [0.5, 0.6) is 0 Å². The van der Waals surface area contributed by atoms with Crippen molar-refractivity contribution in [2.24, 2.45) is 0 Å². The Kier molecular flexibility index (Phi) is 3.55. The zero-order valence-electron chi connectivity index (χ0n) is 15.3. The molecule has 5 aromatic rings. The number of fused-ring (bicyclic) bond motifs is 5. The fourth-order valence-corrected chi connectivity index (χ4v) is 3.90. The summed E-state index contributed by atoms with van der Waals surface area (Å²) in [5.41, 5.74) is 4.26. The lowest BCUT2D eigenvalue weighted by atomic mass is 9.86. The number of hydrogen-bond donors (Lipinski definition) is 0. The molecular formula is C21H15BrN6. The van der Waals surface area contributed by atoms with Crippen LogP contribution in [-0.2, 0) is 5.41 Å². The molecule has 0 saturated heterocycles. The molecule has 3 aromatic heterocycles. The maximum Gasteiger partial charge on any atom is 0.241 e. The molecule has 0 aliphatic carbocycles. The molecule has 5 rings (SSSR count). The van der Waals surface area contributed by atoms with Crippen molar-refractivity contribution in [3.05, 3.63) is 65.0 Å². The molecule has 0 bridgehead atoms. The first-order valence-corrected chi connectivity index (χ1v) is 9.59. The first kappa shape index (κ1) is 16.9. The molecule has 0 N–H and O–H groups in total. The van der Waals surface area contributed by atoms with Crippen molar-refractivity contribution in [2.45, 2.75) is 19.3 Å². The smallest absolute Gasteiger partial charge is 0.241 e. The quantitative estimate of drug-likeness (QED) is 0.403. The molecule has 28 heavy (non-hydrogen) atoms. The fourth-order valence-electron chi connectivity index (χ4n) is 3.54. The van der Waals surface area contributed by atoms with Crippen molar-refractivity contribution in [3.8, 4) is 11.8 Å². The van der Waals surface area contributed by atoms with Crippen molar-refractivity contribution in [2.75, 3.05) is 0 Å². The highest BCUT2D eigenvalue weighted by Gasteiger charge is 2.21. The van der Waals surface area contributed by atoms with Crippen LogP contribution in [0.3, 0.4) is 0 Å². The standard InChI is InChI=1S/C21H15BrN6/c1-21(2,11-23)13-3-6-15(7-4-13)28-19-16-9-14(22)5-8-17(16)24-10-18(19)27-12-25-26-20(27)28/h3-10,12H,1-2H3. The molecule has 0 unspecified atom stereocenters. The molecule has 0 aliphatic heterocycles. The van der Waals surface area contributed by atoms with Crippen LogP contribution in [-0.4, -0.2) is 24.1 Å². The molecule has 0 aliphatic rings. The monoisotopic (exact) mass is 430 g/mol. The minimum absolute atomic E-state index is 0.539. The number of pyridine rings is 1. The number of imidazole rings is 1. The maximum atomic E-state index is 9.41. The van der Waals surface area contributed by atoms with E-state index in [1.807, 2.05) is 60.8 Å². The number of hydrogen-bond acceptors (Lipinski definition) is 4. The highest BCUT2D eigenvalue weighted by Crippen LogP contribution is 2.32. The van der Waals surface area contributed by atoms with E-state index < -0.39 is 5.41 Å². The van der Waals surface area contributed by atoms with Crippen LogP contribution in [0.2, 0.25) is 0 Å². The molecule has 0 radical (unpaired) electrons. The normalized spacial score (nSPS) is 12.1. The van der Waals surface area contributed by atoms with Crippen molar-refractivity contribution in [1.82, 2.24) is 24.1 Å². The Morgan fingerprint density at radius 3 is 2.64 bits per heavy atom. The van der Waals surface area contributed by atoms with Crippen molar-refractivity contribution >= 4 is 43.6 Å². The summed E-state index contributed by atoms with van der Waals surface area (Å²) < 4.78 is 5.02. The summed E-state index contributed by atoms with van der Waals surface area (Å²) in [6.45, 7) is 3.83. The van der Waals surface area contributed by atoms with Crippen LogP contribution in [0.4, 0.5) is 0 Å². The van der Waals surface area contributed by atoms with Gasteiger partial charge >= 0.3 is 0 Å². The molecule has 136 valence electrons. The Morgan fingerprint density at radius 1 is 1.11 bits per heavy atom. The van der Waals surface area contributed by atoms with E-state index in [2.05, 4.69) is 47.8 Å². The molecule has 0 saturated carbocycles. The van der Waals surface area contributed by atoms with Gasteiger partial charge in [-0.2, -0.15) is 5.26 Å². The summed E-state index contributed by atoms with van der Waals surface area (Å²) in [7, 11) is 0. The van der Waals surface area contributed by atoms with E-state index >= 15 is 0 Å². The highest BCUT2D eigenvalue weighted by molar-refractivity contribution is 9.10. The molecule has 3 heterocycles. The SMILES string of the molecule is CC(C)(C#N)c1ccc(-n2c3c4cc(Br)ccc4ncc3n3cnnc23)cc1. The Morgan fingerprint density at radius 2 is 1.89 bits per heavy atom. The molecular weight excluding hydrogens is 416 g/mol. The van der Waals surface area contributed by atoms with Gasteiger partial charge in [0.2, 0.25) is 5.78 Å². The summed E-state index contributed by atoms with van der Waals surface area (Å²) in [5.74, 6) is 0.719. The summed E-state index contributed by atoms with van der Waals surface area (Å²) >= 11 is 3.57. The topological polar surface area (TPSA) is 71.8 Å². The molecule has 0 spiro atoms. The van der Waals surface area contributed by atoms with Crippen molar-refractivity contribution in [3.63, 3.8) is 0 Å². The van der Waals surface area contributed by atoms with Gasteiger partial charge in [0.25, 0.3) is 0 Å². The number of aromatic nitrogens is 5. The van der Waals surface area contributed by atoms with E-state index in [4.69, 9.17) is 0 Å². The Balaban J connectivity index is 1.86. The van der Waals surface area contributed by atoms with E-state index in [1.54, 1.807) is 6.33 Å². The lowest BCUT2D eigenvalue weighted by molar-refractivity contribution is 0.687. The summed E-state index contributed by atoms with van der Waals surface area (Å²) in [5, 5.41) is 18.8. The van der Waals surface area contributed by atoms with Crippen LogP contribution in [0.15, 0.2) is 59.5 Å². The van der Waals surface area contributed by atoms with Gasteiger partial charge in [0.1, 0.15) is 6.33 Å². The number of benzene rings is 2. The van der Waals surface area contributed by atoms with Crippen LogP contribution in [0.1, 0.15) is 19.4 Å². The molecule has 0 fully saturated rings. The van der Waals surface area contributed by atoms with Gasteiger partial charge in [-0.25, -0.2) is 0 Å². The molecule has 0 atom stereocenters. The van der Waals surface area contributed by atoms with Crippen LogP contribution in [0.25, 0.3) is 33.4 Å². The molecule has 2 aromatic carbocycles. The first-order chi connectivity index (χ1) is 13.5. The Labute approximate surface area is 169 Å². The van der Waals surface area contributed by atoms with Gasteiger partial charge in [-0.05, 0) is 49.7 Å². The third-order valence-corrected chi connectivity index (χ3v) is 5.62. The van der Waals surface area contributed by atoms with E-state index in [0.717, 1.165) is 43.4 Å². The van der Waals surface area contributed by atoms with Crippen LogP contribution >= 0.6 is 15.9 Å². The number of nitrogens with zero attached hydrogens (tertiary/aromatic N) is 6. The second-order valence-corrected chi connectivity index (χ2v) is 8.19. The zero-order chi connectivity index (χ0) is 19.5. The third-order valence-electron chi connectivity index (χ3n) is 5.12. The maximum absolute atomic E-state index is 9.41. The number of nitriles is 1. The average molecular weight is 431 g/mol. The molecule has 0 amide bonds. The minimum atomic E-state index is -0.539. The van der Waals surface area contributed by atoms with E-state index in [1.165, 1.54) is 0 Å². The first-order valence-electron chi connectivity index (χ1n) is 8.80. The largest absolute Gasteiger partial charge is 0.276 e. The lowest BCUT2D eigenvalue weighted by Gasteiger charge is -2.16. The van der Waals surface area contributed by atoms with Gasteiger partial charge in [-0.3, -0.25) is 14.0 Å². The van der Waals surface area contributed by atoms with Gasteiger partial charge in [-0.15, -0.1) is 10.2 Å². The second kappa shape index (κ2) is 5.88. The van der Waals surface area contributed by atoms with Gasteiger partial charge in [0.15, 0.2) is 0 Å². The summed E-state index contributed by atoms with van der Waals surface area (Å²) in [4.78, 5) is 4.60. The second-order valence-electron chi connectivity index (χ2n) is 7.27. The minimum Gasteiger partial charge on any atom is -0.276 e. The number of halogens is 1. The van der Waals surface area contributed by atoms with Crippen LogP contribution in [0, 0.1) is 11.3 Å². The van der Waals surface area contributed by atoms with Crippen molar-refractivity contribution in [1.29, 1.82) is 5.26 Å². The van der Waals surface area contributed by atoms with Gasteiger partial charge < -0.3 is 0 Å². The Bertz CT molecular complexity index is 1400. The highest BCUT2D eigenvalue weighted by atomic mass is 79.9. The predicted molar refractivity (Wildman–Crippen MR) is 111 cm³/mol. The zero-order valence-corrected chi connectivity index (χ0v) is 16.8. The van der Waals surface area contributed by atoms with Crippen molar-refractivity contribution < 1.29 is 0 Å². The number of rotatable bonds is 2. The van der Waals surface area contributed by atoms with E-state index in [-0.39, 0.29) is 0 Å². The Hall–Kier alpha value is -3.24. The average Bonchev–Trinajstić information content (AvgIpc) is 3.29. The van der Waals surface area contributed by atoms with Gasteiger partial charge in [-0.1, -0.05) is 28.1 Å². The van der Waals surface area contributed by atoms with Crippen LogP contribution < -0.4 is 0 Å². The molecule has 6 nitrogen and oxygen atoms in total. The lowest BCUT2D eigenvalue weighted by Crippen LogP contribution is -2.13. The predicted octanol–water partition coefficient (Wildman–Crippen LogP) is 4.79. The molecule has 7 heteroatoms. The third kappa shape index (κ3) is 2.35. The fraction of sp³-hybridized carbons (Fsp3) is 0.143.